The summed E-state index contributed by atoms with van der Waals surface area (Å²) in [5.41, 5.74) is 1.16. The lowest BCUT2D eigenvalue weighted by Gasteiger charge is -2.09. The normalized spacial score (nSPS) is 10.4. The number of methoxy groups -OCH3 is 2. The highest BCUT2D eigenvalue weighted by Crippen LogP contribution is 2.26. The van der Waals surface area contributed by atoms with E-state index >= 15 is 0 Å². The number of benzene rings is 1. The van der Waals surface area contributed by atoms with Crippen molar-refractivity contribution in [3.63, 3.8) is 0 Å². The largest absolute Gasteiger partial charge is 0.497 e. The summed E-state index contributed by atoms with van der Waals surface area (Å²) in [6.45, 7) is 0. The van der Waals surface area contributed by atoms with E-state index < -0.39 is 0 Å². The zero-order valence-electron chi connectivity index (χ0n) is 14.1. The van der Waals surface area contributed by atoms with Crippen molar-refractivity contribution in [3.05, 3.63) is 42.6 Å². The molecular weight excluding hydrogens is 356 g/mol. The maximum Gasteiger partial charge on any atom is 0.277 e. The summed E-state index contributed by atoms with van der Waals surface area (Å²) in [5.74, 6) is 1.38. The van der Waals surface area contributed by atoms with Gasteiger partial charge in [0.1, 0.15) is 17.2 Å². The van der Waals surface area contributed by atoms with Gasteiger partial charge in [-0.3, -0.25) is 9.78 Å². The van der Waals surface area contributed by atoms with E-state index in [0.29, 0.717) is 34.0 Å². The highest BCUT2D eigenvalue weighted by atomic mass is 32.2. The number of rotatable bonds is 7. The molecule has 1 amide bonds. The van der Waals surface area contributed by atoms with Gasteiger partial charge in [0.25, 0.3) is 11.1 Å². The number of nitrogens with zero attached hydrogens (tertiary/aromatic N) is 3. The quantitative estimate of drug-likeness (QED) is 0.632. The van der Waals surface area contributed by atoms with Crippen LogP contribution in [0.3, 0.4) is 0 Å². The fourth-order valence-corrected chi connectivity index (χ4v) is 2.63. The Morgan fingerprint density at radius 3 is 2.58 bits per heavy atom. The van der Waals surface area contributed by atoms with Crippen LogP contribution in [0, 0.1) is 0 Å². The third-order valence-corrected chi connectivity index (χ3v) is 4.07. The lowest BCUT2D eigenvalue weighted by molar-refractivity contribution is -0.113. The number of carbonyl (C=O) groups is 1. The summed E-state index contributed by atoms with van der Waals surface area (Å²) < 4.78 is 15.9. The predicted octanol–water partition coefficient (Wildman–Crippen LogP) is 2.88. The van der Waals surface area contributed by atoms with E-state index in [1.807, 2.05) is 6.07 Å². The molecule has 0 fully saturated rings. The molecule has 0 unspecified atom stereocenters. The zero-order chi connectivity index (χ0) is 18.4. The molecule has 3 aromatic rings. The second-order valence-corrected chi connectivity index (χ2v) is 5.95. The van der Waals surface area contributed by atoms with Gasteiger partial charge in [0, 0.05) is 30.1 Å². The molecule has 0 aliphatic carbocycles. The third-order valence-electron chi connectivity index (χ3n) is 3.25. The van der Waals surface area contributed by atoms with Gasteiger partial charge in [-0.05, 0) is 12.1 Å². The van der Waals surface area contributed by atoms with E-state index in [1.165, 1.54) is 0 Å². The maximum atomic E-state index is 12.1. The highest BCUT2D eigenvalue weighted by Gasteiger charge is 2.12. The van der Waals surface area contributed by atoms with Gasteiger partial charge in [0.2, 0.25) is 5.91 Å². The Morgan fingerprint density at radius 2 is 1.92 bits per heavy atom. The first-order valence-corrected chi connectivity index (χ1v) is 8.57. The molecule has 0 radical (unpaired) electrons. The van der Waals surface area contributed by atoms with Gasteiger partial charge >= 0.3 is 0 Å². The molecule has 0 aliphatic rings. The number of amides is 1. The molecule has 0 atom stereocenters. The van der Waals surface area contributed by atoms with E-state index in [4.69, 9.17) is 13.9 Å². The molecule has 0 spiro atoms. The van der Waals surface area contributed by atoms with E-state index in [1.54, 1.807) is 50.7 Å². The molecule has 0 saturated carbocycles. The summed E-state index contributed by atoms with van der Waals surface area (Å²) in [6.07, 6.45) is 1.64. The summed E-state index contributed by atoms with van der Waals surface area (Å²) in [6, 6.07) is 10.5. The van der Waals surface area contributed by atoms with Crippen molar-refractivity contribution in [3.8, 4) is 23.1 Å². The molecule has 26 heavy (non-hydrogen) atoms. The number of nitrogens with one attached hydrogen (secondary N) is 1. The van der Waals surface area contributed by atoms with E-state index in [-0.39, 0.29) is 11.7 Å². The molecule has 3 rings (SSSR count). The topological polar surface area (TPSA) is 99.4 Å². The minimum atomic E-state index is -0.220. The average Bonchev–Trinajstić information content (AvgIpc) is 3.16. The third kappa shape index (κ3) is 4.51. The standard InChI is InChI=1S/C17H16N4O4S/c1-23-12-7-11(8-13(9-12)24-2)19-15(22)10-26-17-21-20-16(25-17)14-5-3-4-6-18-14/h3-9H,10H2,1-2H3,(H,19,22). The number of pyridine rings is 1. The molecule has 8 nitrogen and oxygen atoms in total. The Hall–Kier alpha value is -3.07. The predicted molar refractivity (Wildman–Crippen MR) is 96.4 cm³/mol. The second-order valence-electron chi connectivity index (χ2n) is 5.03. The Bertz CT molecular complexity index is 863. The van der Waals surface area contributed by atoms with Crippen LogP contribution < -0.4 is 14.8 Å². The Balaban J connectivity index is 1.59. The molecule has 2 aromatic heterocycles. The fraction of sp³-hybridized carbons (Fsp3) is 0.176. The van der Waals surface area contributed by atoms with Crippen LogP contribution in [-0.4, -0.2) is 41.1 Å². The van der Waals surface area contributed by atoms with Crippen LogP contribution in [0.1, 0.15) is 0 Å². The van der Waals surface area contributed by atoms with Crippen LogP contribution in [0.4, 0.5) is 5.69 Å². The van der Waals surface area contributed by atoms with Gasteiger partial charge in [-0.15, -0.1) is 10.2 Å². The summed E-state index contributed by atoms with van der Waals surface area (Å²) in [7, 11) is 3.09. The van der Waals surface area contributed by atoms with Crippen LogP contribution in [0.15, 0.2) is 52.2 Å². The highest BCUT2D eigenvalue weighted by molar-refractivity contribution is 7.99. The Kier molecular flexibility index (Phi) is 5.69. The first kappa shape index (κ1) is 17.7. The van der Waals surface area contributed by atoms with Crippen molar-refractivity contribution in [2.45, 2.75) is 5.22 Å². The molecule has 0 bridgehead atoms. The van der Waals surface area contributed by atoms with Gasteiger partial charge in [-0.1, -0.05) is 17.8 Å². The van der Waals surface area contributed by atoms with Crippen LogP contribution in [0.5, 0.6) is 11.5 Å². The number of hydrogen-bond acceptors (Lipinski definition) is 8. The minimum Gasteiger partial charge on any atom is -0.497 e. The van der Waals surface area contributed by atoms with Crippen LogP contribution in [0.25, 0.3) is 11.6 Å². The van der Waals surface area contributed by atoms with Crippen molar-refractivity contribution in [2.75, 3.05) is 25.3 Å². The van der Waals surface area contributed by atoms with Crippen molar-refractivity contribution < 1.29 is 18.7 Å². The molecule has 134 valence electrons. The number of thioether (sulfide) groups is 1. The Labute approximate surface area is 153 Å². The lowest BCUT2D eigenvalue weighted by atomic mass is 10.2. The van der Waals surface area contributed by atoms with Crippen molar-refractivity contribution in [2.24, 2.45) is 0 Å². The molecule has 0 saturated heterocycles. The van der Waals surface area contributed by atoms with Gasteiger partial charge in [0.05, 0.1) is 20.0 Å². The van der Waals surface area contributed by atoms with Crippen LogP contribution >= 0.6 is 11.8 Å². The molecule has 1 N–H and O–H groups in total. The molecule has 2 heterocycles. The first-order chi connectivity index (χ1) is 12.7. The number of carbonyl (C=O) groups excluding carboxylic acids is 1. The smallest absolute Gasteiger partial charge is 0.277 e. The van der Waals surface area contributed by atoms with Gasteiger partial charge in [-0.25, -0.2) is 0 Å². The van der Waals surface area contributed by atoms with E-state index in [9.17, 15) is 4.79 Å². The summed E-state index contributed by atoms with van der Waals surface area (Å²) in [4.78, 5) is 16.3. The number of ether oxygens (including phenoxy) is 2. The van der Waals surface area contributed by atoms with Gasteiger partial charge in [-0.2, -0.15) is 0 Å². The van der Waals surface area contributed by atoms with Crippen LogP contribution in [0.2, 0.25) is 0 Å². The average molecular weight is 372 g/mol. The molecule has 1 aromatic carbocycles. The molecule has 9 heteroatoms. The first-order valence-electron chi connectivity index (χ1n) is 7.58. The SMILES string of the molecule is COc1cc(NC(=O)CSc2nnc(-c3ccccn3)o2)cc(OC)c1. The fourth-order valence-electron chi connectivity index (χ4n) is 2.06. The van der Waals surface area contributed by atoms with Crippen molar-refractivity contribution in [1.82, 2.24) is 15.2 Å². The van der Waals surface area contributed by atoms with E-state index in [0.717, 1.165) is 11.8 Å². The van der Waals surface area contributed by atoms with Gasteiger partial charge < -0.3 is 19.2 Å². The van der Waals surface area contributed by atoms with Crippen molar-refractivity contribution >= 4 is 23.4 Å². The van der Waals surface area contributed by atoms with Gasteiger partial charge in [0.15, 0.2) is 0 Å². The molecule has 0 aliphatic heterocycles. The molecular formula is C17H16N4O4S. The number of hydrogen-bond donors (Lipinski definition) is 1. The monoisotopic (exact) mass is 372 g/mol. The number of anilines is 1. The van der Waals surface area contributed by atoms with Crippen molar-refractivity contribution in [1.29, 1.82) is 0 Å². The summed E-state index contributed by atoms with van der Waals surface area (Å²) >= 11 is 1.14. The maximum absolute atomic E-state index is 12.1. The zero-order valence-corrected chi connectivity index (χ0v) is 14.9. The minimum absolute atomic E-state index is 0.114. The second kappa shape index (κ2) is 8.34. The Morgan fingerprint density at radius 1 is 1.15 bits per heavy atom. The number of aromatic nitrogens is 3. The van der Waals surface area contributed by atoms with Crippen LogP contribution in [-0.2, 0) is 4.79 Å². The summed E-state index contributed by atoms with van der Waals surface area (Å²) in [5, 5.41) is 10.9. The van der Waals surface area contributed by atoms with E-state index in [2.05, 4.69) is 20.5 Å². The lowest BCUT2D eigenvalue weighted by Crippen LogP contribution is -2.14.